The van der Waals surface area contributed by atoms with E-state index in [4.69, 9.17) is 10.00 Å². The molecule has 1 aliphatic rings. The van der Waals surface area contributed by atoms with Gasteiger partial charge in [0.1, 0.15) is 11.7 Å². The second-order valence-corrected chi connectivity index (χ2v) is 6.19. The highest BCUT2D eigenvalue weighted by atomic mass is 16.6. The van der Waals surface area contributed by atoms with Crippen molar-refractivity contribution < 1.29 is 9.53 Å². The number of aromatic nitrogens is 1. The molecular weight excluding hydrogens is 268 g/mol. The quantitative estimate of drug-likeness (QED) is 0.832. The number of nitriles is 1. The van der Waals surface area contributed by atoms with Gasteiger partial charge in [0, 0.05) is 26.3 Å². The number of hydrogen-bond donors (Lipinski definition) is 0. The van der Waals surface area contributed by atoms with E-state index in [9.17, 15) is 4.79 Å². The molecule has 1 saturated heterocycles. The molecule has 0 N–H and O–H groups in total. The molecule has 1 fully saturated rings. The maximum atomic E-state index is 11.9. The molecule has 1 aliphatic heterocycles. The van der Waals surface area contributed by atoms with Crippen LogP contribution in [0.3, 0.4) is 0 Å². The Labute approximate surface area is 124 Å². The van der Waals surface area contributed by atoms with Gasteiger partial charge in [-0.05, 0) is 26.8 Å². The first kappa shape index (κ1) is 15.1. The number of rotatable bonds is 2. The Morgan fingerprint density at radius 1 is 1.48 bits per heavy atom. The molecule has 1 aromatic heterocycles. The lowest BCUT2D eigenvalue weighted by atomic mass is 10.1. The zero-order valence-electron chi connectivity index (χ0n) is 12.8. The number of likely N-dealkylation sites (N-methyl/N-ethyl adjacent to an activating group) is 1. The highest BCUT2D eigenvalue weighted by Gasteiger charge is 2.36. The molecule has 1 amide bonds. The standard InChI is InChI=1S/C15H20N4O2/c1-15(2,3)21-14(20)19-9-13(10-19)18(4)12-5-11(6-16)7-17-8-12/h5,7-8,13H,9-10H2,1-4H3. The maximum Gasteiger partial charge on any atom is 0.410 e. The van der Waals surface area contributed by atoms with Crippen LogP contribution in [0.1, 0.15) is 26.3 Å². The third-order valence-electron chi connectivity index (χ3n) is 3.32. The fourth-order valence-corrected chi connectivity index (χ4v) is 2.07. The predicted octanol–water partition coefficient (Wildman–Crippen LogP) is 2.01. The summed E-state index contributed by atoms with van der Waals surface area (Å²) in [6.45, 7) is 6.79. The fraction of sp³-hybridized carbons (Fsp3) is 0.533. The second kappa shape index (κ2) is 5.60. The fourth-order valence-electron chi connectivity index (χ4n) is 2.07. The van der Waals surface area contributed by atoms with Crippen molar-refractivity contribution in [1.29, 1.82) is 5.26 Å². The smallest absolute Gasteiger partial charge is 0.410 e. The molecule has 2 rings (SSSR count). The average molecular weight is 288 g/mol. The molecular formula is C15H20N4O2. The van der Waals surface area contributed by atoms with Gasteiger partial charge in [-0.3, -0.25) is 4.98 Å². The molecule has 6 nitrogen and oxygen atoms in total. The number of amides is 1. The Morgan fingerprint density at radius 3 is 2.71 bits per heavy atom. The van der Waals surface area contributed by atoms with E-state index in [1.54, 1.807) is 17.2 Å². The summed E-state index contributed by atoms with van der Waals surface area (Å²) in [4.78, 5) is 19.6. The molecule has 21 heavy (non-hydrogen) atoms. The number of hydrogen-bond acceptors (Lipinski definition) is 5. The van der Waals surface area contributed by atoms with Crippen molar-refractivity contribution in [2.75, 3.05) is 25.0 Å². The first-order valence-electron chi connectivity index (χ1n) is 6.86. The van der Waals surface area contributed by atoms with Gasteiger partial charge in [0.2, 0.25) is 0 Å². The lowest BCUT2D eigenvalue weighted by Gasteiger charge is -2.44. The van der Waals surface area contributed by atoms with Gasteiger partial charge in [0.15, 0.2) is 0 Å². The van der Waals surface area contributed by atoms with Crippen molar-refractivity contribution in [2.45, 2.75) is 32.4 Å². The van der Waals surface area contributed by atoms with Crippen LogP contribution in [-0.2, 0) is 4.74 Å². The van der Waals surface area contributed by atoms with Crippen molar-refractivity contribution in [2.24, 2.45) is 0 Å². The Hall–Kier alpha value is -2.29. The predicted molar refractivity (Wildman–Crippen MR) is 79.0 cm³/mol. The van der Waals surface area contributed by atoms with Crippen LogP contribution in [0.25, 0.3) is 0 Å². The van der Waals surface area contributed by atoms with Crippen LogP contribution in [-0.4, -0.2) is 47.8 Å². The summed E-state index contributed by atoms with van der Waals surface area (Å²) in [6, 6.07) is 4.09. The summed E-state index contributed by atoms with van der Waals surface area (Å²) >= 11 is 0. The zero-order chi connectivity index (χ0) is 15.6. The van der Waals surface area contributed by atoms with Crippen LogP contribution in [0, 0.1) is 11.3 Å². The van der Waals surface area contributed by atoms with Crippen LogP contribution < -0.4 is 4.90 Å². The average Bonchev–Trinajstić information content (AvgIpc) is 2.34. The molecule has 0 saturated carbocycles. The molecule has 0 aliphatic carbocycles. The highest BCUT2D eigenvalue weighted by Crippen LogP contribution is 2.23. The third kappa shape index (κ3) is 3.63. The first-order chi connectivity index (χ1) is 9.80. The Morgan fingerprint density at radius 2 is 2.14 bits per heavy atom. The lowest BCUT2D eigenvalue weighted by molar-refractivity contribution is 0.00852. The van der Waals surface area contributed by atoms with Crippen LogP contribution in [0.4, 0.5) is 10.5 Å². The van der Waals surface area contributed by atoms with Crippen molar-refractivity contribution in [3.63, 3.8) is 0 Å². The Balaban J connectivity index is 1.92. The third-order valence-corrected chi connectivity index (χ3v) is 3.32. The second-order valence-electron chi connectivity index (χ2n) is 6.19. The number of ether oxygens (including phenoxy) is 1. The van der Waals surface area contributed by atoms with Gasteiger partial charge in [-0.15, -0.1) is 0 Å². The summed E-state index contributed by atoms with van der Waals surface area (Å²) in [5, 5.41) is 8.90. The van der Waals surface area contributed by atoms with Crippen molar-refractivity contribution in [3.8, 4) is 6.07 Å². The van der Waals surface area contributed by atoms with Crippen molar-refractivity contribution in [3.05, 3.63) is 24.0 Å². The Bertz CT molecular complexity index is 568. The SMILES string of the molecule is CN(c1cncc(C#N)c1)C1CN(C(=O)OC(C)(C)C)C1. The topological polar surface area (TPSA) is 69.5 Å². The monoisotopic (exact) mass is 288 g/mol. The molecule has 6 heteroatoms. The van der Waals surface area contributed by atoms with Gasteiger partial charge in [-0.1, -0.05) is 0 Å². The van der Waals surface area contributed by atoms with E-state index in [-0.39, 0.29) is 12.1 Å². The summed E-state index contributed by atoms with van der Waals surface area (Å²) in [6.07, 6.45) is 2.97. The van der Waals surface area contributed by atoms with E-state index in [1.165, 1.54) is 6.20 Å². The first-order valence-corrected chi connectivity index (χ1v) is 6.86. The normalized spacial score (nSPS) is 15.1. The zero-order valence-corrected chi connectivity index (χ0v) is 12.8. The molecule has 0 bridgehead atoms. The van der Waals surface area contributed by atoms with Crippen molar-refractivity contribution in [1.82, 2.24) is 9.88 Å². The van der Waals surface area contributed by atoms with Crippen LogP contribution >= 0.6 is 0 Å². The molecule has 112 valence electrons. The van der Waals surface area contributed by atoms with E-state index in [0.29, 0.717) is 18.7 Å². The van der Waals surface area contributed by atoms with Gasteiger partial charge >= 0.3 is 6.09 Å². The van der Waals surface area contributed by atoms with Crippen LogP contribution in [0.15, 0.2) is 18.5 Å². The number of nitrogens with zero attached hydrogens (tertiary/aromatic N) is 4. The Kier molecular flexibility index (Phi) is 4.03. The molecule has 0 atom stereocenters. The summed E-state index contributed by atoms with van der Waals surface area (Å²) in [5.74, 6) is 0. The number of carbonyl (C=O) groups excluding carboxylic acids is 1. The summed E-state index contributed by atoms with van der Waals surface area (Å²) in [5.41, 5.74) is 0.935. The van der Waals surface area contributed by atoms with Gasteiger partial charge in [-0.2, -0.15) is 5.26 Å². The minimum absolute atomic E-state index is 0.216. The number of likely N-dealkylation sites (tertiary alicyclic amines) is 1. The van der Waals surface area contributed by atoms with E-state index in [0.717, 1.165) is 5.69 Å². The minimum Gasteiger partial charge on any atom is -0.444 e. The molecule has 0 aromatic carbocycles. The molecule has 0 spiro atoms. The van der Waals surface area contributed by atoms with Crippen LogP contribution in [0.2, 0.25) is 0 Å². The number of anilines is 1. The molecule has 0 radical (unpaired) electrons. The maximum absolute atomic E-state index is 11.9. The van der Waals surface area contributed by atoms with Gasteiger partial charge < -0.3 is 14.5 Å². The summed E-state index contributed by atoms with van der Waals surface area (Å²) in [7, 11) is 1.94. The number of carbonyl (C=O) groups is 1. The lowest BCUT2D eigenvalue weighted by Crippen LogP contribution is -2.61. The highest BCUT2D eigenvalue weighted by molar-refractivity contribution is 5.70. The van der Waals surface area contributed by atoms with E-state index in [1.807, 2.05) is 32.7 Å². The minimum atomic E-state index is -0.473. The van der Waals surface area contributed by atoms with Crippen LogP contribution in [0.5, 0.6) is 0 Å². The van der Waals surface area contributed by atoms with E-state index in [2.05, 4.69) is 11.1 Å². The van der Waals surface area contributed by atoms with E-state index < -0.39 is 5.60 Å². The molecule has 1 aromatic rings. The molecule has 2 heterocycles. The van der Waals surface area contributed by atoms with Crippen molar-refractivity contribution >= 4 is 11.8 Å². The summed E-state index contributed by atoms with van der Waals surface area (Å²) < 4.78 is 5.32. The number of pyridine rings is 1. The van der Waals surface area contributed by atoms with Gasteiger partial charge in [0.05, 0.1) is 23.5 Å². The van der Waals surface area contributed by atoms with Gasteiger partial charge in [-0.25, -0.2) is 4.79 Å². The van der Waals surface area contributed by atoms with Gasteiger partial charge in [0.25, 0.3) is 0 Å². The largest absolute Gasteiger partial charge is 0.444 e. The molecule has 0 unspecified atom stereocenters. The van der Waals surface area contributed by atoms with E-state index >= 15 is 0 Å².